The monoisotopic (exact) mass is 328 g/mol. The third kappa shape index (κ3) is 2.79. The maximum Gasteiger partial charge on any atom is 0.253 e. The molecule has 0 saturated heterocycles. The van der Waals surface area contributed by atoms with E-state index in [1.807, 2.05) is 0 Å². The topological polar surface area (TPSA) is 110 Å². The first-order chi connectivity index (χ1) is 8.60. The summed E-state index contributed by atoms with van der Waals surface area (Å²) < 4.78 is 0.697. The van der Waals surface area contributed by atoms with Gasteiger partial charge in [-0.05, 0) is 27.7 Å². The fourth-order valence-electron chi connectivity index (χ4n) is 1.19. The van der Waals surface area contributed by atoms with E-state index in [0.29, 0.717) is 20.5 Å². The number of nitrogens with two attached hydrogens (primary N) is 1. The lowest BCUT2D eigenvalue weighted by Gasteiger charge is -2.06. The molecule has 18 heavy (non-hydrogen) atoms. The number of H-pyrrole nitrogens is 1. The highest BCUT2D eigenvalue weighted by Crippen LogP contribution is 2.32. The molecular weight excluding hydrogens is 320 g/mol. The second-order valence-corrected chi connectivity index (χ2v) is 4.94. The predicted octanol–water partition coefficient (Wildman–Crippen LogP) is 1.10. The molecule has 2 aromatic rings. The predicted molar refractivity (Wildman–Crippen MR) is 72.7 cm³/mol. The standard InChI is InChI=1S/C9H9BrN6OS/c1-12-7-6(10)8(14-3-13-7)18-9-15-4(11)2-5(17)16-9/h2-3H,1H3,(H,12,13,14)(H3,11,15,16,17). The third-order valence-corrected chi connectivity index (χ3v) is 3.83. The summed E-state index contributed by atoms with van der Waals surface area (Å²) >= 11 is 4.56. The lowest BCUT2D eigenvalue weighted by molar-refractivity contribution is 0.934. The van der Waals surface area contributed by atoms with Crippen molar-refractivity contribution in [3.63, 3.8) is 0 Å². The van der Waals surface area contributed by atoms with Gasteiger partial charge in [0.1, 0.15) is 23.0 Å². The number of aromatic amines is 1. The zero-order valence-corrected chi connectivity index (χ0v) is 11.7. The van der Waals surface area contributed by atoms with Crippen LogP contribution in [0.2, 0.25) is 0 Å². The Morgan fingerprint density at radius 2 is 2.28 bits per heavy atom. The molecule has 2 heterocycles. The second kappa shape index (κ2) is 5.36. The second-order valence-electron chi connectivity index (χ2n) is 3.17. The molecule has 0 atom stereocenters. The number of hydrogen-bond donors (Lipinski definition) is 3. The summed E-state index contributed by atoms with van der Waals surface area (Å²) in [4.78, 5) is 26.0. The average molecular weight is 329 g/mol. The van der Waals surface area contributed by atoms with E-state index in [9.17, 15) is 4.79 Å². The molecule has 0 aliphatic rings. The highest BCUT2D eigenvalue weighted by molar-refractivity contribution is 9.10. The normalized spacial score (nSPS) is 10.3. The summed E-state index contributed by atoms with van der Waals surface area (Å²) in [6.07, 6.45) is 1.42. The average Bonchev–Trinajstić information content (AvgIpc) is 2.30. The first-order valence-corrected chi connectivity index (χ1v) is 6.44. The van der Waals surface area contributed by atoms with Gasteiger partial charge in [0, 0.05) is 13.1 Å². The summed E-state index contributed by atoms with van der Waals surface area (Å²) in [5.74, 6) is 0.819. The highest BCUT2D eigenvalue weighted by atomic mass is 79.9. The van der Waals surface area contributed by atoms with E-state index in [-0.39, 0.29) is 11.4 Å². The van der Waals surface area contributed by atoms with Crippen LogP contribution in [0.25, 0.3) is 0 Å². The van der Waals surface area contributed by atoms with Gasteiger partial charge in [-0.2, -0.15) is 0 Å². The highest BCUT2D eigenvalue weighted by Gasteiger charge is 2.10. The number of aromatic nitrogens is 4. The molecule has 7 nitrogen and oxygen atoms in total. The fraction of sp³-hybridized carbons (Fsp3) is 0.111. The lowest BCUT2D eigenvalue weighted by Crippen LogP contribution is -2.09. The van der Waals surface area contributed by atoms with Crippen molar-refractivity contribution in [1.82, 2.24) is 19.9 Å². The molecule has 9 heteroatoms. The Morgan fingerprint density at radius 1 is 1.50 bits per heavy atom. The first-order valence-electron chi connectivity index (χ1n) is 4.83. The molecule has 4 N–H and O–H groups in total. The Hall–Kier alpha value is -1.61. The smallest absolute Gasteiger partial charge is 0.253 e. The lowest BCUT2D eigenvalue weighted by atomic mass is 10.6. The van der Waals surface area contributed by atoms with Crippen molar-refractivity contribution in [2.24, 2.45) is 0 Å². The minimum atomic E-state index is -0.302. The van der Waals surface area contributed by atoms with Crippen molar-refractivity contribution in [2.45, 2.75) is 10.2 Å². The molecule has 0 fully saturated rings. The van der Waals surface area contributed by atoms with Crippen LogP contribution in [-0.4, -0.2) is 27.0 Å². The van der Waals surface area contributed by atoms with E-state index < -0.39 is 0 Å². The van der Waals surface area contributed by atoms with E-state index >= 15 is 0 Å². The number of hydrogen-bond acceptors (Lipinski definition) is 7. The summed E-state index contributed by atoms with van der Waals surface area (Å²) in [6, 6.07) is 1.22. The summed E-state index contributed by atoms with van der Waals surface area (Å²) in [6.45, 7) is 0. The molecule has 94 valence electrons. The number of nitrogens with one attached hydrogen (secondary N) is 2. The summed E-state index contributed by atoms with van der Waals surface area (Å²) in [7, 11) is 1.75. The zero-order valence-electron chi connectivity index (χ0n) is 9.27. The van der Waals surface area contributed by atoms with Crippen LogP contribution in [-0.2, 0) is 0 Å². The molecule has 0 radical (unpaired) electrons. The molecule has 0 unspecified atom stereocenters. The molecule has 0 aliphatic carbocycles. The minimum Gasteiger partial charge on any atom is -0.383 e. The van der Waals surface area contributed by atoms with Crippen molar-refractivity contribution in [2.75, 3.05) is 18.1 Å². The van der Waals surface area contributed by atoms with E-state index in [1.54, 1.807) is 7.05 Å². The minimum absolute atomic E-state index is 0.167. The molecule has 0 saturated carbocycles. The maximum absolute atomic E-state index is 11.3. The van der Waals surface area contributed by atoms with Gasteiger partial charge in [0.2, 0.25) is 0 Å². The van der Waals surface area contributed by atoms with Crippen LogP contribution in [0.1, 0.15) is 0 Å². The SMILES string of the molecule is CNc1ncnc(Sc2nc(N)cc(=O)[nH]2)c1Br. The fourth-order valence-corrected chi connectivity index (χ4v) is 2.61. The molecule has 0 aliphatic heterocycles. The van der Waals surface area contributed by atoms with Crippen LogP contribution >= 0.6 is 27.7 Å². The van der Waals surface area contributed by atoms with Crippen LogP contribution in [0.15, 0.2) is 31.8 Å². The van der Waals surface area contributed by atoms with Crippen molar-refractivity contribution >= 4 is 39.3 Å². The maximum atomic E-state index is 11.3. The number of nitrogen functional groups attached to an aromatic ring is 1. The summed E-state index contributed by atoms with van der Waals surface area (Å²) in [5.41, 5.74) is 5.20. The molecule has 0 amide bonds. The molecule has 2 rings (SSSR count). The van der Waals surface area contributed by atoms with Gasteiger partial charge in [0.05, 0.1) is 4.47 Å². The molecule has 2 aromatic heterocycles. The zero-order chi connectivity index (χ0) is 13.1. The first kappa shape index (κ1) is 12.8. The van der Waals surface area contributed by atoms with Crippen molar-refractivity contribution < 1.29 is 0 Å². The third-order valence-electron chi connectivity index (χ3n) is 1.93. The van der Waals surface area contributed by atoms with Crippen molar-refractivity contribution in [3.05, 3.63) is 27.2 Å². The number of anilines is 2. The summed E-state index contributed by atoms with van der Waals surface area (Å²) in [5, 5.41) is 3.92. The Kier molecular flexibility index (Phi) is 3.82. The Bertz CT molecular complexity index is 631. The number of rotatable bonds is 3. The van der Waals surface area contributed by atoms with E-state index in [2.05, 4.69) is 41.2 Å². The van der Waals surface area contributed by atoms with Gasteiger partial charge in [-0.25, -0.2) is 15.0 Å². The van der Waals surface area contributed by atoms with Gasteiger partial charge in [-0.3, -0.25) is 4.79 Å². The van der Waals surface area contributed by atoms with Crippen LogP contribution in [0, 0.1) is 0 Å². The largest absolute Gasteiger partial charge is 0.383 e. The molecule has 0 aromatic carbocycles. The van der Waals surface area contributed by atoms with Crippen LogP contribution in [0.4, 0.5) is 11.6 Å². The molecule has 0 spiro atoms. The quantitative estimate of drug-likeness (QED) is 0.571. The van der Waals surface area contributed by atoms with Crippen LogP contribution < -0.4 is 16.6 Å². The van der Waals surface area contributed by atoms with Gasteiger partial charge < -0.3 is 16.0 Å². The van der Waals surface area contributed by atoms with E-state index in [1.165, 1.54) is 24.2 Å². The Labute approximate surface area is 115 Å². The van der Waals surface area contributed by atoms with E-state index in [4.69, 9.17) is 5.73 Å². The van der Waals surface area contributed by atoms with Gasteiger partial charge >= 0.3 is 0 Å². The Balaban J connectivity index is 2.37. The number of nitrogens with zero attached hydrogens (tertiary/aromatic N) is 3. The van der Waals surface area contributed by atoms with E-state index in [0.717, 1.165) is 0 Å². The van der Waals surface area contributed by atoms with Gasteiger partial charge in [0.15, 0.2) is 5.16 Å². The molecule has 0 bridgehead atoms. The van der Waals surface area contributed by atoms with Crippen molar-refractivity contribution in [1.29, 1.82) is 0 Å². The van der Waals surface area contributed by atoms with Crippen LogP contribution in [0.3, 0.4) is 0 Å². The van der Waals surface area contributed by atoms with Gasteiger partial charge in [0.25, 0.3) is 5.56 Å². The van der Waals surface area contributed by atoms with Crippen molar-refractivity contribution in [3.8, 4) is 0 Å². The molecular formula is C9H9BrN6OS. The Morgan fingerprint density at radius 3 is 2.94 bits per heavy atom. The van der Waals surface area contributed by atoms with Crippen LogP contribution in [0.5, 0.6) is 0 Å². The van der Waals surface area contributed by atoms with Gasteiger partial charge in [-0.1, -0.05) is 0 Å². The van der Waals surface area contributed by atoms with Gasteiger partial charge in [-0.15, -0.1) is 0 Å². The number of halogens is 1.